The zero-order chi connectivity index (χ0) is 22.8. The number of carboxylic acid groups (broad SMARTS) is 2. The molecule has 0 saturated carbocycles. The summed E-state index contributed by atoms with van der Waals surface area (Å²) in [5.74, 6) is -1.91. The molecule has 3 N–H and O–H groups in total. The van der Waals surface area contributed by atoms with Crippen LogP contribution in [0.2, 0.25) is 0 Å². The molecule has 0 aromatic heterocycles. The van der Waals surface area contributed by atoms with Crippen LogP contribution in [0.3, 0.4) is 0 Å². The van der Waals surface area contributed by atoms with E-state index in [1.807, 2.05) is 39.0 Å². The number of carbonyl (C=O) groups excluding carboxylic acids is 1. The Labute approximate surface area is 175 Å². The second-order valence-electron chi connectivity index (χ2n) is 7.50. The molecular formula is C23H38O6. The maximum atomic E-state index is 11.6. The summed E-state index contributed by atoms with van der Waals surface area (Å²) < 4.78 is 0. The fraction of sp³-hybridized carbons (Fsp3) is 0.609. The predicted molar refractivity (Wildman–Crippen MR) is 115 cm³/mol. The molecule has 0 aliphatic carbocycles. The summed E-state index contributed by atoms with van der Waals surface area (Å²) in [6.45, 7) is 9.38. The lowest BCUT2D eigenvalue weighted by atomic mass is 9.90. The minimum atomic E-state index is -0.927. The van der Waals surface area contributed by atoms with Gasteiger partial charge in [-0.1, -0.05) is 63.1 Å². The van der Waals surface area contributed by atoms with E-state index in [0.29, 0.717) is 6.42 Å². The van der Waals surface area contributed by atoms with Gasteiger partial charge in [0.05, 0.1) is 6.10 Å². The van der Waals surface area contributed by atoms with Crippen molar-refractivity contribution in [3.05, 3.63) is 35.9 Å². The van der Waals surface area contributed by atoms with Crippen LogP contribution in [0.1, 0.15) is 71.8 Å². The van der Waals surface area contributed by atoms with Crippen LogP contribution in [0.4, 0.5) is 0 Å². The van der Waals surface area contributed by atoms with Gasteiger partial charge in [-0.05, 0) is 32.6 Å². The molecular weight excluding hydrogens is 372 g/mol. The zero-order valence-corrected chi connectivity index (χ0v) is 18.4. The smallest absolute Gasteiger partial charge is 0.303 e. The monoisotopic (exact) mass is 410 g/mol. The zero-order valence-electron chi connectivity index (χ0n) is 18.4. The Morgan fingerprint density at radius 1 is 0.931 bits per heavy atom. The molecule has 0 saturated heterocycles. The van der Waals surface area contributed by atoms with Crippen molar-refractivity contribution in [2.75, 3.05) is 0 Å². The highest BCUT2D eigenvalue weighted by atomic mass is 16.4. The van der Waals surface area contributed by atoms with Crippen molar-refractivity contribution in [1.82, 2.24) is 0 Å². The number of hydrogen-bond acceptors (Lipinski definition) is 4. The number of aryl methyl sites for hydroxylation is 1. The van der Waals surface area contributed by atoms with Crippen LogP contribution in [-0.2, 0) is 14.4 Å². The molecule has 0 radical (unpaired) electrons. The first kappa shape index (κ1) is 29.0. The number of hydrogen-bond donors (Lipinski definition) is 3. The van der Waals surface area contributed by atoms with Crippen molar-refractivity contribution in [2.45, 2.75) is 79.2 Å². The third-order valence-electron chi connectivity index (χ3n) is 3.97. The van der Waals surface area contributed by atoms with Crippen LogP contribution >= 0.6 is 0 Å². The number of Topliss-reactive ketones (excluding diaryl/α,β-unsaturated/α-hetero) is 1. The summed E-state index contributed by atoms with van der Waals surface area (Å²) >= 11 is 0. The molecule has 2 unspecified atom stereocenters. The molecule has 6 nitrogen and oxygen atoms in total. The van der Waals surface area contributed by atoms with Gasteiger partial charge in [0.1, 0.15) is 5.78 Å². The van der Waals surface area contributed by atoms with Crippen LogP contribution in [0.25, 0.3) is 0 Å². The maximum absolute atomic E-state index is 11.6. The Kier molecular flexibility index (Phi) is 17.9. The minimum Gasteiger partial charge on any atom is -0.481 e. The van der Waals surface area contributed by atoms with E-state index in [-0.39, 0.29) is 31.0 Å². The van der Waals surface area contributed by atoms with Crippen LogP contribution in [0, 0.1) is 18.8 Å². The quantitative estimate of drug-likeness (QED) is 0.514. The largest absolute Gasteiger partial charge is 0.481 e. The number of unbranched alkanes of at least 4 members (excludes halogenated alkanes) is 1. The number of rotatable bonds is 10. The third kappa shape index (κ3) is 20.3. The number of aliphatic hydroxyl groups is 1. The fourth-order valence-electron chi connectivity index (χ4n) is 2.37. The molecule has 29 heavy (non-hydrogen) atoms. The summed E-state index contributed by atoms with van der Waals surface area (Å²) in [5.41, 5.74) is 1.32. The highest BCUT2D eigenvalue weighted by Gasteiger charge is 2.23. The normalized spacial score (nSPS) is 12.0. The average molecular weight is 411 g/mol. The van der Waals surface area contributed by atoms with E-state index in [4.69, 9.17) is 10.2 Å². The van der Waals surface area contributed by atoms with E-state index in [9.17, 15) is 19.5 Å². The summed E-state index contributed by atoms with van der Waals surface area (Å²) in [4.78, 5) is 31.8. The molecule has 0 heterocycles. The number of carbonyl (C=O) groups is 3. The van der Waals surface area contributed by atoms with Gasteiger partial charge in [0.2, 0.25) is 0 Å². The van der Waals surface area contributed by atoms with Crippen LogP contribution < -0.4 is 0 Å². The Balaban J connectivity index is 0. The second-order valence-corrected chi connectivity index (χ2v) is 7.50. The Hall–Kier alpha value is -2.21. The van der Waals surface area contributed by atoms with E-state index in [1.54, 1.807) is 0 Å². The Morgan fingerprint density at radius 3 is 1.76 bits per heavy atom. The van der Waals surface area contributed by atoms with E-state index >= 15 is 0 Å². The first-order valence-electron chi connectivity index (χ1n) is 10.2. The molecule has 0 amide bonds. The van der Waals surface area contributed by atoms with Gasteiger partial charge in [-0.15, -0.1) is 0 Å². The SMILES string of the molecule is CC(C)CC(=O)O.CCCCC(=O)C(CCC(=O)O)C(C)O.Cc1ccccc1. The second kappa shape index (κ2) is 17.9. The standard InChI is InChI=1S/C11H20O4.C7H8.C5H10O2/c1-3-4-5-10(13)9(8(2)12)6-7-11(14)15;1-7-5-3-2-4-6-7;1-4(2)3-5(6)7/h8-9,12H,3-7H2,1-2H3,(H,14,15);2-6H,1H3;4H,3H2,1-2H3,(H,6,7). The highest BCUT2D eigenvalue weighted by molar-refractivity contribution is 5.82. The van der Waals surface area contributed by atoms with Gasteiger partial charge >= 0.3 is 11.9 Å². The third-order valence-corrected chi connectivity index (χ3v) is 3.97. The van der Waals surface area contributed by atoms with Gasteiger partial charge < -0.3 is 15.3 Å². The summed E-state index contributed by atoms with van der Waals surface area (Å²) in [5, 5.41) is 26.0. The van der Waals surface area contributed by atoms with Crippen molar-refractivity contribution in [1.29, 1.82) is 0 Å². The molecule has 0 aliphatic rings. The van der Waals surface area contributed by atoms with E-state index in [1.165, 1.54) is 12.5 Å². The Morgan fingerprint density at radius 2 is 1.48 bits per heavy atom. The summed E-state index contributed by atoms with van der Waals surface area (Å²) in [7, 11) is 0. The van der Waals surface area contributed by atoms with Crippen molar-refractivity contribution in [3.63, 3.8) is 0 Å². The van der Waals surface area contributed by atoms with Gasteiger partial charge in [0.25, 0.3) is 0 Å². The molecule has 0 fully saturated rings. The Bertz CT molecular complexity index is 566. The summed E-state index contributed by atoms with van der Waals surface area (Å²) in [6, 6.07) is 10.3. The molecule has 0 aliphatic heterocycles. The number of aliphatic carboxylic acids is 2. The molecule has 6 heteroatoms. The average Bonchev–Trinajstić information content (AvgIpc) is 2.60. The number of benzene rings is 1. The van der Waals surface area contributed by atoms with Gasteiger partial charge in [-0.25, -0.2) is 0 Å². The van der Waals surface area contributed by atoms with Gasteiger partial charge in [-0.3, -0.25) is 14.4 Å². The maximum Gasteiger partial charge on any atom is 0.303 e. The molecule has 0 bridgehead atoms. The lowest BCUT2D eigenvalue weighted by Gasteiger charge is -2.17. The molecule has 0 spiro atoms. The van der Waals surface area contributed by atoms with E-state index < -0.39 is 24.0 Å². The minimum absolute atomic E-state index is 0.0203. The summed E-state index contributed by atoms with van der Waals surface area (Å²) in [6.07, 6.45) is 1.86. The fourth-order valence-corrected chi connectivity index (χ4v) is 2.37. The first-order valence-corrected chi connectivity index (χ1v) is 10.2. The van der Waals surface area contributed by atoms with Crippen molar-refractivity contribution in [2.24, 2.45) is 11.8 Å². The lowest BCUT2D eigenvalue weighted by molar-refractivity contribution is -0.139. The molecule has 2 atom stereocenters. The first-order chi connectivity index (χ1) is 13.5. The van der Waals surface area contributed by atoms with Crippen molar-refractivity contribution >= 4 is 17.7 Å². The van der Waals surface area contributed by atoms with Gasteiger partial charge in [0.15, 0.2) is 0 Å². The van der Waals surface area contributed by atoms with Crippen LogP contribution in [0.5, 0.6) is 0 Å². The van der Waals surface area contributed by atoms with Crippen molar-refractivity contribution in [3.8, 4) is 0 Å². The molecule has 1 rings (SSSR count). The number of aliphatic hydroxyl groups excluding tert-OH is 1. The van der Waals surface area contributed by atoms with Gasteiger partial charge in [0, 0.05) is 25.2 Å². The molecule has 1 aromatic rings. The lowest BCUT2D eigenvalue weighted by Crippen LogP contribution is -2.26. The predicted octanol–water partition coefficient (Wildman–Crippen LogP) is 4.72. The number of carboxylic acids is 2. The van der Waals surface area contributed by atoms with E-state index in [2.05, 4.69) is 19.1 Å². The van der Waals surface area contributed by atoms with Crippen molar-refractivity contribution < 1.29 is 29.7 Å². The van der Waals surface area contributed by atoms with E-state index in [0.717, 1.165) is 12.8 Å². The molecule has 1 aromatic carbocycles. The van der Waals surface area contributed by atoms with Crippen LogP contribution in [-0.4, -0.2) is 39.1 Å². The number of ketones is 1. The topological polar surface area (TPSA) is 112 Å². The van der Waals surface area contributed by atoms with Crippen LogP contribution in [0.15, 0.2) is 30.3 Å². The van der Waals surface area contributed by atoms with Gasteiger partial charge in [-0.2, -0.15) is 0 Å². The molecule has 166 valence electrons. The highest BCUT2D eigenvalue weighted by Crippen LogP contribution is 2.16.